The topological polar surface area (TPSA) is 3.24 Å². The normalized spacial score (nSPS) is 26.4. The molecule has 14 rings (SSSR count). The Bertz CT molecular complexity index is 2640. The first-order valence-electron chi connectivity index (χ1n) is 20.4. The van der Waals surface area contributed by atoms with E-state index in [2.05, 4.69) is 132 Å². The number of hydrogen-bond acceptors (Lipinski definition) is 2. The maximum atomic E-state index is 2.69. The van der Waals surface area contributed by atoms with Crippen molar-refractivity contribution in [2.45, 2.75) is 68.6 Å². The lowest BCUT2D eigenvalue weighted by Crippen LogP contribution is -2.55. The van der Waals surface area contributed by atoms with E-state index in [0.717, 1.165) is 23.7 Å². The summed E-state index contributed by atoms with van der Waals surface area (Å²) in [7, 11) is 0. The molecule has 0 atom stereocenters. The van der Waals surface area contributed by atoms with Crippen LogP contribution in [0.3, 0.4) is 0 Å². The maximum absolute atomic E-state index is 2.69. The van der Waals surface area contributed by atoms with Crippen molar-refractivity contribution < 1.29 is 0 Å². The lowest BCUT2D eigenvalue weighted by atomic mass is 9.43. The highest BCUT2D eigenvalue weighted by Gasteiger charge is 2.61. The van der Waals surface area contributed by atoms with Gasteiger partial charge in [0.15, 0.2) is 0 Å². The quantitative estimate of drug-likeness (QED) is 0.177. The van der Waals surface area contributed by atoms with Gasteiger partial charge < -0.3 is 4.90 Å². The van der Waals surface area contributed by atoms with Gasteiger partial charge in [0.25, 0.3) is 0 Å². The molecular formula is C51H43NS. The molecule has 53 heavy (non-hydrogen) atoms. The van der Waals surface area contributed by atoms with Crippen LogP contribution in [0.5, 0.6) is 0 Å². The minimum absolute atomic E-state index is 0.132. The molecule has 5 fully saturated rings. The minimum Gasteiger partial charge on any atom is -0.310 e. The van der Waals surface area contributed by atoms with Gasteiger partial charge in [-0.3, -0.25) is 0 Å². The molecule has 7 aliphatic rings. The Balaban J connectivity index is 1.08. The second-order valence-electron chi connectivity index (χ2n) is 17.6. The first-order chi connectivity index (χ1) is 26.2. The Labute approximate surface area is 316 Å². The average Bonchev–Trinajstić information content (AvgIpc) is 3.96. The van der Waals surface area contributed by atoms with Crippen LogP contribution in [0.25, 0.3) is 42.4 Å². The number of hydrogen-bond donors (Lipinski definition) is 0. The van der Waals surface area contributed by atoms with Gasteiger partial charge in [-0.2, -0.15) is 0 Å². The van der Waals surface area contributed by atoms with Gasteiger partial charge in [-0.25, -0.2) is 0 Å². The number of rotatable bonds is 3. The fraction of sp³-hybridized carbons (Fsp3) is 0.294. The van der Waals surface area contributed by atoms with Crippen molar-refractivity contribution in [3.8, 4) is 22.3 Å². The van der Waals surface area contributed by atoms with E-state index in [0.29, 0.717) is 0 Å². The molecule has 0 unspecified atom stereocenters. The van der Waals surface area contributed by atoms with Crippen molar-refractivity contribution in [2.24, 2.45) is 23.7 Å². The molecule has 0 amide bonds. The van der Waals surface area contributed by atoms with E-state index < -0.39 is 0 Å². The molecule has 7 aromatic rings. The highest BCUT2D eigenvalue weighted by Crippen LogP contribution is 2.70. The fourth-order valence-electron chi connectivity index (χ4n) is 13.7. The van der Waals surface area contributed by atoms with Crippen molar-refractivity contribution in [2.75, 3.05) is 4.90 Å². The van der Waals surface area contributed by atoms with Crippen LogP contribution in [0, 0.1) is 23.7 Å². The largest absolute Gasteiger partial charge is 0.310 e. The van der Waals surface area contributed by atoms with Gasteiger partial charge in [0.05, 0.1) is 5.69 Å². The number of nitrogens with zero attached hydrogens (tertiary/aromatic N) is 1. The zero-order valence-corrected chi connectivity index (χ0v) is 31.0. The molecule has 1 nitrogen and oxygen atoms in total. The SMILES string of the molecule is c1ccc2c(c1)-c1c(N(c3ccc4c(c3)C3(c5ccccc5-4)C4CC5CC(C4)CC3C5)c3ccc4c(c3)sc3ccccc34)cccc1C21CCCC1. The van der Waals surface area contributed by atoms with E-state index >= 15 is 0 Å². The van der Waals surface area contributed by atoms with E-state index in [-0.39, 0.29) is 10.8 Å². The second-order valence-corrected chi connectivity index (χ2v) is 18.7. The minimum atomic E-state index is 0.132. The summed E-state index contributed by atoms with van der Waals surface area (Å²) in [5.74, 6) is 3.36. The molecule has 0 aliphatic heterocycles. The zero-order valence-electron chi connectivity index (χ0n) is 30.2. The van der Waals surface area contributed by atoms with Gasteiger partial charge in [0.1, 0.15) is 0 Å². The Morgan fingerprint density at radius 2 is 1.13 bits per heavy atom. The lowest BCUT2D eigenvalue weighted by Gasteiger charge is -2.61. The van der Waals surface area contributed by atoms with Crippen molar-refractivity contribution in [1.29, 1.82) is 0 Å². The van der Waals surface area contributed by atoms with Crippen LogP contribution in [0.4, 0.5) is 17.1 Å². The predicted octanol–water partition coefficient (Wildman–Crippen LogP) is 14.1. The average molecular weight is 702 g/mol. The van der Waals surface area contributed by atoms with E-state index in [4.69, 9.17) is 0 Å². The maximum Gasteiger partial charge on any atom is 0.0543 e. The summed E-state index contributed by atoms with van der Waals surface area (Å²) in [6.07, 6.45) is 12.2. The summed E-state index contributed by atoms with van der Waals surface area (Å²) in [6.45, 7) is 0. The van der Waals surface area contributed by atoms with Gasteiger partial charge in [-0.05, 0) is 144 Å². The standard InChI is InChI=1S/C51H43NS/c1-5-14-43-37(10-1)38-20-18-35(29-45(38)51(43)33-25-31-24-32(27-33)28-34(51)26-31)52(36-19-21-40-39-11-3-6-17-47(39)53-48(40)30-36)46-16-9-15-44-49(46)41-12-2-4-13-42(41)50(44)22-7-8-23-50/h1-6,9-21,29-34H,7-8,22-28H2. The molecule has 6 aromatic carbocycles. The number of thiophene rings is 1. The Kier molecular flexibility index (Phi) is 5.90. The van der Waals surface area contributed by atoms with Crippen LogP contribution in [-0.4, -0.2) is 0 Å². The number of anilines is 3. The Morgan fingerprint density at radius 3 is 1.96 bits per heavy atom. The van der Waals surface area contributed by atoms with Crippen LogP contribution in [0.15, 0.2) is 127 Å². The second kappa shape index (κ2) is 10.5. The summed E-state index contributed by atoms with van der Waals surface area (Å²) < 4.78 is 2.73. The highest BCUT2D eigenvalue weighted by molar-refractivity contribution is 7.25. The third-order valence-corrected chi connectivity index (χ3v) is 16.5. The van der Waals surface area contributed by atoms with E-state index in [1.165, 1.54) is 117 Å². The first kappa shape index (κ1) is 29.8. The van der Waals surface area contributed by atoms with Crippen LogP contribution in [-0.2, 0) is 10.8 Å². The van der Waals surface area contributed by atoms with E-state index in [1.807, 2.05) is 11.3 Å². The third kappa shape index (κ3) is 3.74. The van der Waals surface area contributed by atoms with Crippen molar-refractivity contribution in [3.05, 3.63) is 150 Å². The monoisotopic (exact) mass is 701 g/mol. The summed E-state index contributed by atoms with van der Waals surface area (Å²) in [5, 5.41) is 2.72. The fourth-order valence-corrected chi connectivity index (χ4v) is 14.9. The summed E-state index contributed by atoms with van der Waals surface area (Å²) in [6, 6.07) is 50.1. The van der Waals surface area contributed by atoms with E-state index in [1.54, 1.807) is 22.3 Å². The molecule has 4 bridgehead atoms. The van der Waals surface area contributed by atoms with Gasteiger partial charge in [-0.15, -0.1) is 11.3 Å². The number of fused-ring (bicyclic) bond motifs is 11. The molecule has 1 heterocycles. The first-order valence-corrected chi connectivity index (χ1v) is 21.2. The van der Waals surface area contributed by atoms with Crippen LogP contribution < -0.4 is 4.90 Å². The third-order valence-electron chi connectivity index (χ3n) is 15.4. The van der Waals surface area contributed by atoms with Crippen molar-refractivity contribution in [1.82, 2.24) is 0 Å². The Hall–Kier alpha value is -4.66. The zero-order chi connectivity index (χ0) is 34.5. The van der Waals surface area contributed by atoms with Crippen LogP contribution in [0.1, 0.15) is 80.0 Å². The molecule has 0 radical (unpaired) electrons. The van der Waals surface area contributed by atoms with Crippen molar-refractivity contribution in [3.63, 3.8) is 0 Å². The highest BCUT2D eigenvalue weighted by atomic mass is 32.1. The van der Waals surface area contributed by atoms with Gasteiger partial charge in [0, 0.05) is 47.9 Å². The van der Waals surface area contributed by atoms with Gasteiger partial charge in [-0.1, -0.05) is 104 Å². The lowest BCUT2D eigenvalue weighted by molar-refractivity contribution is -0.0399. The van der Waals surface area contributed by atoms with Crippen molar-refractivity contribution >= 4 is 48.6 Å². The smallest absolute Gasteiger partial charge is 0.0543 e. The predicted molar refractivity (Wildman–Crippen MR) is 222 cm³/mol. The van der Waals surface area contributed by atoms with Gasteiger partial charge in [0.2, 0.25) is 0 Å². The van der Waals surface area contributed by atoms with E-state index in [9.17, 15) is 0 Å². The molecule has 2 heteroatoms. The molecule has 258 valence electrons. The van der Waals surface area contributed by atoms with Crippen LogP contribution >= 0.6 is 11.3 Å². The number of benzene rings is 6. The summed E-state index contributed by atoms with van der Waals surface area (Å²) in [4.78, 5) is 2.67. The molecule has 2 spiro atoms. The summed E-state index contributed by atoms with van der Waals surface area (Å²) in [5.41, 5.74) is 16.4. The van der Waals surface area contributed by atoms with Gasteiger partial charge >= 0.3 is 0 Å². The van der Waals surface area contributed by atoms with Crippen LogP contribution in [0.2, 0.25) is 0 Å². The molecular weight excluding hydrogens is 659 g/mol. The molecule has 1 aromatic heterocycles. The molecule has 0 N–H and O–H groups in total. The molecule has 5 saturated carbocycles. The molecule has 0 saturated heterocycles. The summed E-state index contributed by atoms with van der Waals surface area (Å²) >= 11 is 1.93. The Morgan fingerprint density at radius 1 is 0.491 bits per heavy atom. The molecule has 7 aliphatic carbocycles.